The molecule has 2 atom stereocenters. The van der Waals surface area contributed by atoms with E-state index in [1.54, 1.807) is 10.9 Å². The third kappa shape index (κ3) is 2.96. The number of aromatic nitrogens is 2. The van der Waals surface area contributed by atoms with E-state index in [0.717, 1.165) is 17.7 Å². The Morgan fingerprint density at radius 1 is 1.38 bits per heavy atom. The quantitative estimate of drug-likeness (QED) is 0.941. The second-order valence-corrected chi connectivity index (χ2v) is 5.52. The first-order valence-electron chi connectivity index (χ1n) is 6.87. The molecule has 3 rings (SSSR count). The maximum absolute atomic E-state index is 14.0. The second-order valence-electron chi connectivity index (χ2n) is 5.52. The van der Waals surface area contributed by atoms with Gasteiger partial charge in [0.25, 0.3) is 0 Å². The van der Waals surface area contributed by atoms with Gasteiger partial charge in [0.2, 0.25) is 0 Å². The highest BCUT2D eigenvalue weighted by Gasteiger charge is 2.33. The maximum Gasteiger partial charge on any atom is 0.128 e. The van der Waals surface area contributed by atoms with Crippen LogP contribution in [0.15, 0.2) is 30.6 Å². The Balaban J connectivity index is 1.86. The molecule has 1 fully saturated rings. The van der Waals surface area contributed by atoms with Crippen LogP contribution in [0.2, 0.25) is 0 Å². The number of halogens is 2. The molecule has 0 bridgehead atoms. The van der Waals surface area contributed by atoms with Crippen LogP contribution in [0.4, 0.5) is 8.78 Å². The van der Waals surface area contributed by atoms with E-state index in [2.05, 4.69) is 5.10 Å². The molecule has 0 aliphatic carbocycles. The molecule has 1 saturated heterocycles. The number of likely N-dealkylation sites (tertiary alicyclic amines) is 1. The smallest absolute Gasteiger partial charge is 0.128 e. The zero-order chi connectivity index (χ0) is 15.0. The van der Waals surface area contributed by atoms with E-state index in [1.165, 1.54) is 6.07 Å². The molecule has 1 aliphatic rings. The summed E-state index contributed by atoms with van der Waals surface area (Å²) in [6.45, 7) is 0.987. The minimum Gasteiger partial charge on any atom is -0.392 e. The maximum atomic E-state index is 14.0. The average Bonchev–Trinajstić information content (AvgIpc) is 2.99. The van der Waals surface area contributed by atoms with Crippen molar-refractivity contribution in [2.75, 3.05) is 6.54 Å². The predicted molar refractivity (Wildman–Crippen MR) is 73.3 cm³/mol. The molecule has 0 radical (unpaired) electrons. The summed E-state index contributed by atoms with van der Waals surface area (Å²) in [4.78, 5) is 1.96. The fourth-order valence-electron chi connectivity index (χ4n) is 2.94. The van der Waals surface area contributed by atoms with Gasteiger partial charge in [-0.2, -0.15) is 5.10 Å². The van der Waals surface area contributed by atoms with Crippen molar-refractivity contribution in [3.8, 4) is 0 Å². The van der Waals surface area contributed by atoms with Gasteiger partial charge in [0, 0.05) is 43.5 Å². The Kier molecular flexibility index (Phi) is 3.73. The van der Waals surface area contributed by atoms with E-state index < -0.39 is 17.7 Å². The van der Waals surface area contributed by atoms with Gasteiger partial charge in [-0.1, -0.05) is 0 Å². The number of aliphatic hydroxyl groups excluding tert-OH is 1. The molecule has 0 saturated carbocycles. The molecule has 1 aromatic carbocycles. The highest BCUT2D eigenvalue weighted by atomic mass is 19.1. The van der Waals surface area contributed by atoms with Gasteiger partial charge in [0.1, 0.15) is 11.6 Å². The zero-order valence-corrected chi connectivity index (χ0v) is 11.7. The lowest BCUT2D eigenvalue weighted by Crippen LogP contribution is -2.24. The molecule has 1 N–H and O–H groups in total. The lowest BCUT2D eigenvalue weighted by Gasteiger charge is -2.24. The van der Waals surface area contributed by atoms with Crippen molar-refractivity contribution in [3.63, 3.8) is 0 Å². The molecule has 2 unspecified atom stereocenters. The van der Waals surface area contributed by atoms with Crippen molar-refractivity contribution in [1.82, 2.24) is 14.7 Å². The molecule has 0 amide bonds. The summed E-state index contributed by atoms with van der Waals surface area (Å²) in [5.74, 6) is -0.902. The van der Waals surface area contributed by atoms with Crippen molar-refractivity contribution in [3.05, 3.63) is 53.4 Å². The third-order valence-electron chi connectivity index (χ3n) is 3.84. The van der Waals surface area contributed by atoms with E-state index in [1.807, 2.05) is 18.1 Å². The molecule has 2 heterocycles. The first-order valence-corrected chi connectivity index (χ1v) is 6.87. The number of aliphatic hydroxyl groups is 1. The van der Waals surface area contributed by atoms with E-state index >= 15 is 0 Å². The van der Waals surface area contributed by atoms with Gasteiger partial charge in [0.05, 0.1) is 12.3 Å². The van der Waals surface area contributed by atoms with Crippen LogP contribution in [0.3, 0.4) is 0 Å². The molecule has 6 heteroatoms. The Morgan fingerprint density at radius 2 is 2.19 bits per heavy atom. The number of aryl methyl sites for hydroxylation is 1. The van der Waals surface area contributed by atoms with E-state index in [0.29, 0.717) is 25.1 Å². The number of nitrogens with zero attached hydrogens (tertiary/aromatic N) is 3. The largest absolute Gasteiger partial charge is 0.392 e. The van der Waals surface area contributed by atoms with Gasteiger partial charge in [-0.15, -0.1) is 0 Å². The van der Waals surface area contributed by atoms with Gasteiger partial charge in [-0.25, -0.2) is 8.78 Å². The minimum atomic E-state index is -0.533. The van der Waals surface area contributed by atoms with Crippen LogP contribution < -0.4 is 0 Å². The Bertz CT molecular complexity index is 644. The Hall–Kier alpha value is -1.79. The van der Waals surface area contributed by atoms with Gasteiger partial charge in [-0.3, -0.25) is 9.58 Å². The number of rotatable bonds is 3. The number of benzene rings is 1. The molecule has 1 aliphatic heterocycles. The standard InChI is InChI=1S/C15H17F2N3O/c1-19-7-10(6-18-19)8-20-9-12(21)5-15(20)13-4-11(16)2-3-14(13)17/h2-4,6-7,12,15,21H,5,8-9H2,1H3. The first kappa shape index (κ1) is 14.2. The van der Waals surface area contributed by atoms with Crippen molar-refractivity contribution >= 4 is 0 Å². The Morgan fingerprint density at radius 3 is 2.90 bits per heavy atom. The number of hydrogen-bond acceptors (Lipinski definition) is 3. The monoisotopic (exact) mass is 293 g/mol. The molecular formula is C15H17F2N3O. The van der Waals surface area contributed by atoms with Crippen LogP contribution in [-0.2, 0) is 13.6 Å². The summed E-state index contributed by atoms with van der Waals surface area (Å²) in [5.41, 5.74) is 1.28. The van der Waals surface area contributed by atoms with Crippen LogP contribution in [0.1, 0.15) is 23.6 Å². The summed E-state index contributed by atoms with van der Waals surface area (Å²) in [7, 11) is 1.83. The van der Waals surface area contributed by atoms with Gasteiger partial charge < -0.3 is 5.11 Å². The van der Waals surface area contributed by atoms with E-state index in [4.69, 9.17) is 0 Å². The minimum absolute atomic E-state index is 0.301. The molecule has 2 aromatic rings. The van der Waals surface area contributed by atoms with Crippen LogP contribution in [0.5, 0.6) is 0 Å². The van der Waals surface area contributed by atoms with Gasteiger partial charge in [-0.05, 0) is 24.6 Å². The van der Waals surface area contributed by atoms with Crippen molar-refractivity contribution in [1.29, 1.82) is 0 Å². The number of β-amino-alcohol motifs (C(OH)–C–C–N with tert-alkyl or cyclic N) is 1. The molecule has 112 valence electrons. The molecule has 1 aromatic heterocycles. The van der Waals surface area contributed by atoms with Gasteiger partial charge in [0.15, 0.2) is 0 Å². The van der Waals surface area contributed by atoms with Crippen molar-refractivity contribution < 1.29 is 13.9 Å². The Labute approximate surface area is 121 Å². The summed E-state index contributed by atoms with van der Waals surface area (Å²) >= 11 is 0. The van der Waals surface area contributed by atoms with Crippen LogP contribution in [0.25, 0.3) is 0 Å². The first-order chi connectivity index (χ1) is 10.0. The molecular weight excluding hydrogens is 276 g/mol. The average molecular weight is 293 g/mol. The second kappa shape index (κ2) is 5.54. The van der Waals surface area contributed by atoms with Crippen LogP contribution in [-0.4, -0.2) is 32.4 Å². The fourth-order valence-corrected chi connectivity index (χ4v) is 2.94. The summed E-state index contributed by atoms with van der Waals surface area (Å²) in [6.07, 6.45) is 3.49. The molecule has 0 spiro atoms. The SMILES string of the molecule is Cn1cc(CN2CC(O)CC2c2cc(F)ccc2F)cn1. The lowest BCUT2D eigenvalue weighted by molar-refractivity contribution is 0.172. The van der Waals surface area contributed by atoms with Crippen molar-refractivity contribution in [2.45, 2.75) is 25.1 Å². The molecule has 4 nitrogen and oxygen atoms in total. The lowest BCUT2D eigenvalue weighted by atomic mass is 10.0. The summed E-state index contributed by atoms with van der Waals surface area (Å²) in [6, 6.07) is 3.14. The normalized spacial score (nSPS) is 22.9. The van der Waals surface area contributed by atoms with Gasteiger partial charge >= 0.3 is 0 Å². The van der Waals surface area contributed by atoms with E-state index in [9.17, 15) is 13.9 Å². The number of hydrogen-bond donors (Lipinski definition) is 1. The van der Waals surface area contributed by atoms with Crippen LogP contribution >= 0.6 is 0 Å². The topological polar surface area (TPSA) is 41.3 Å². The fraction of sp³-hybridized carbons (Fsp3) is 0.400. The summed E-state index contributed by atoms with van der Waals surface area (Å²) in [5, 5.41) is 14.0. The van der Waals surface area contributed by atoms with E-state index in [-0.39, 0.29) is 6.04 Å². The summed E-state index contributed by atoms with van der Waals surface area (Å²) < 4.78 is 29.1. The van der Waals surface area contributed by atoms with Crippen molar-refractivity contribution in [2.24, 2.45) is 7.05 Å². The zero-order valence-electron chi connectivity index (χ0n) is 11.7. The highest BCUT2D eigenvalue weighted by molar-refractivity contribution is 5.24. The third-order valence-corrected chi connectivity index (χ3v) is 3.84. The predicted octanol–water partition coefficient (Wildman–Crippen LogP) is 2.01. The highest BCUT2D eigenvalue weighted by Crippen LogP contribution is 2.35. The molecule has 21 heavy (non-hydrogen) atoms. The van der Waals surface area contributed by atoms with Crippen LogP contribution in [0, 0.1) is 11.6 Å².